The van der Waals surface area contributed by atoms with E-state index < -0.39 is 10.0 Å². The van der Waals surface area contributed by atoms with Gasteiger partial charge in [-0.2, -0.15) is 0 Å². The molecular formula is C23H25ClN4O4S. The maximum atomic E-state index is 13.2. The fourth-order valence-electron chi connectivity index (χ4n) is 3.76. The lowest BCUT2D eigenvalue weighted by molar-refractivity contribution is 0.0617. The second kappa shape index (κ2) is 9.54. The minimum Gasteiger partial charge on any atom is -0.360 e. The Kier molecular flexibility index (Phi) is 6.73. The van der Waals surface area contributed by atoms with Crippen LogP contribution in [0, 0.1) is 6.92 Å². The number of aromatic nitrogens is 1. The van der Waals surface area contributed by atoms with Gasteiger partial charge in [0.1, 0.15) is 0 Å². The average molecular weight is 489 g/mol. The van der Waals surface area contributed by atoms with E-state index in [-0.39, 0.29) is 10.8 Å². The highest BCUT2D eigenvalue weighted by Crippen LogP contribution is 2.25. The summed E-state index contributed by atoms with van der Waals surface area (Å²) in [7, 11) is -2.39. The highest BCUT2D eigenvalue weighted by molar-refractivity contribution is 7.92. The van der Waals surface area contributed by atoms with E-state index in [4.69, 9.17) is 16.1 Å². The highest BCUT2D eigenvalue weighted by atomic mass is 35.5. The summed E-state index contributed by atoms with van der Waals surface area (Å²) in [6, 6.07) is 14.7. The standard InChI is InChI=1S/C23H25ClN4O4S/c1-17-13-21(32-25-17)16-27-9-11-28(12-10-27)23(29)18-5-3-8-22(14-18)33(30,31)26(2)20-7-4-6-19(24)15-20/h3-8,13-15H,9-12,16H2,1-2H3. The molecule has 0 N–H and O–H groups in total. The van der Waals surface area contributed by atoms with Gasteiger partial charge >= 0.3 is 0 Å². The molecule has 2 aromatic carbocycles. The zero-order valence-corrected chi connectivity index (χ0v) is 20.0. The smallest absolute Gasteiger partial charge is 0.264 e. The Morgan fingerprint density at radius 3 is 2.48 bits per heavy atom. The summed E-state index contributed by atoms with van der Waals surface area (Å²) in [6.45, 7) is 5.01. The van der Waals surface area contributed by atoms with E-state index in [1.165, 1.54) is 19.2 Å². The van der Waals surface area contributed by atoms with E-state index in [0.717, 1.165) is 15.8 Å². The molecular weight excluding hydrogens is 464 g/mol. The highest BCUT2D eigenvalue weighted by Gasteiger charge is 2.26. The Hall–Kier alpha value is -2.88. The molecule has 0 saturated carbocycles. The van der Waals surface area contributed by atoms with Crippen molar-refractivity contribution in [3.05, 3.63) is 76.6 Å². The molecule has 0 bridgehead atoms. The van der Waals surface area contributed by atoms with Gasteiger partial charge in [-0.15, -0.1) is 0 Å². The Bertz CT molecular complexity index is 1250. The number of amides is 1. The number of nitrogens with zero attached hydrogens (tertiary/aromatic N) is 4. The van der Waals surface area contributed by atoms with Crippen molar-refractivity contribution in [2.24, 2.45) is 0 Å². The topological polar surface area (TPSA) is 87.0 Å². The average Bonchev–Trinajstić information content (AvgIpc) is 3.23. The van der Waals surface area contributed by atoms with Crippen molar-refractivity contribution < 1.29 is 17.7 Å². The largest absolute Gasteiger partial charge is 0.360 e. The normalized spacial score (nSPS) is 14.9. The van der Waals surface area contributed by atoms with Crippen molar-refractivity contribution >= 4 is 33.2 Å². The molecule has 1 aliphatic heterocycles. The first-order valence-corrected chi connectivity index (χ1v) is 12.3. The number of carbonyl (C=O) groups is 1. The number of piperazine rings is 1. The summed E-state index contributed by atoms with van der Waals surface area (Å²) in [5, 5.41) is 4.34. The molecule has 2 heterocycles. The third-order valence-corrected chi connectivity index (χ3v) is 7.64. The van der Waals surface area contributed by atoms with Crippen molar-refractivity contribution in [3.8, 4) is 0 Å². The number of hydrogen-bond acceptors (Lipinski definition) is 6. The molecule has 10 heteroatoms. The van der Waals surface area contributed by atoms with Gasteiger partial charge in [0.15, 0.2) is 5.76 Å². The molecule has 8 nitrogen and oxygen atoms in total. The van der Waals surface area contributed by atoms with E-state index in [2.05, 4.69) is 10.1 Å². The van der Waals surface area contributed by atoms with Gasteiger partial charge < -0.3 is 9.42 Å². The zero-order valence-electron chi connectivity index (χ0n) is 18.4. The van der Waals surface area contributed by atoms with E-state index in [0.29, 0.717) is 49.0 Å². The summed E-state index contributed by atoms with van der Waals surface area (Å²) < 4.78 is 32.7. The molecule has 1 aliphatic rings. The number of anilines is 1. The molecule has 1 aromatic heterocycles. The molecule has 1 fully saturated rings. The molecule has 1 saturated heterocycles. The van der Waals surface area contributed by atoms with Gasteiger partial charge in [-0.1, -0.05) is 28.9 Å². The van der Waals surface area contributed by atoms with Crippen LogP contribution in [0.2, 0.25) is 5.02 Å². The van der Waals surface area contributed by atoms with E-state index in [9.17, 15) is 13.2 Å². The zero-order chi connectivity index (χ0) is 23.6. The van der Waals surface area contributed by atoms with Gasteiger partial charge in [-0.25, -0.2) is 8.42 Å². The maximum Gasteiger partial charge on any atom is 0.264 e. The summed E-state index contributed by atoms with van der Waals surface area (Å²) in [5.41, 5.74) is 1.63. The number of aryl methyl sites for hydroxylation is 1. The molecule has 4 rings (SSSR count). The first-order valence-electron chi connectivity index (χ1n) is 10.5. The fraction of sp³-hybridized carbons (Fsp3) is 0.304. The van der Waals surface area contributed by atoms with Gasteiger partial charge in [0.2, 0.25) is 0 Å². The maximum absolute atomic E-state index is 13.2. The monoisotopic (exact) mass is 488 g/mol. The fourth-order valence-corrected chi connectivity index (χ4v) is 5.18. The predicted molar refractivity (Wildman–Crippen MR) is 126 cm³/mol. The second-order valence-electron chi connectivity index (χ2n) is 7.98. The number of halogens is 1. The number of hydrogen-bond donors (Lipinski definition) is 0. The van der Waals surface area contributed by atoms with Gasteiger partial charge in [-0.3, -0.25) is 14.0 Å². The van der Waals surface area contributed by atoms with Crippen LogP contribution in [0.4, 0.5) is 5.69 Å². The van der Waals surface area contributed by atoms with Gasteiger partial charge in [0.25, 0.3) is 15.9 Å². The van der Waals surface area contributed by atoms with Crippen molar-refractivity contribution in [1.82, 2.24) is 15.0 Å². The predicted octanol–water partition coefficient (Wildman–Crippen LogP) is 3.42. The minimum atomic E-state index is -3.86. The Balaban J connectivity index is 1.44. The van der Waals surface area contributed by atoms with E-state index in [1.807, 2.05) is 13.0 Å². The first kappa shape index (κ1) is 23.3. The van der Waals surface area contributed by atoms with Crippen LogP contribution in [0.5, 0.6) is 0 Å². The third-order valence-electron chi connectivity index (χ3n) is 5.63. The molecule has 0 atom stereocenters. The molecule has 0 aliphatic carbocycles. The van der Waals surface area contributed by atoms with Crippen molar-refractivity contribution in [2.75, 3.05) is 37.5 Å². The summed E-state index contributed by atoms with van der Waals surface area (Å²) >= 11 is 6.01. The minimum absolute atomic E-state index is 0.0511. The van der Waals surface area contributed by atoms with Crippen LogP contribution in [-0.2, 0) is 16.6 Å². The van der Waals surface area contributed by atoms with Crippen LogP contribution >= 0.6 is 11.6 Å². The van der Waals surface area contributed by atoms with Crippen LogP contribution in [0.15, 0.2) is 64.0 Å². The van der Waals surface area contributed by atoms with Gasteiger partial charge in [0.05, 0.1) is 22.8 Å². The number of benzene rings is 2. The van der Waals surface area contributed by atoms with Crippen LogP contribution in [0.3, 0.4) is 0 Å². The summed E-state index contributed by atoms with van der Waals surface area (Å²) in [5.74, 6) is 0.613. The molecule has 0 spiro atoms. The number of rotatable bonds is 6. The van der Waals surface area contributed by atoms with Crippen molar-refractivity contribution in [1.29, 1.82) is 0 Å². The SMILES string of the molecule is Cc1cc(CN2CCN(C(=O)c3cccc(S(=O)(=O)N(C)c4cccc(Cl)c4)c3)CC2)on1. The van der Waals surface area contributed by atoms with Gasteiger partial charge in [-0.05, 0) is 43.3 Å². The van der Waals surface area contributed by atoms with E-state index >= 15 is 0 Å². The van der Waals surface area contributed by atoms with E-state index in [1.54, 1.807) is 41.3 Å². The first-order chi connectivity index (χ1) is 15.7. The Labute approximate surface area is 198 Å². The Morgan fingerprint density at radius 1 is 1.09 bits per heavy atom. The summed E-state index contributed by atoms with van der Waals surface area (Å²) in [6.07, 6.45) is 0. The van der Waals surface area contributed by atoms with Crippen LogP contribution in [-0.4, -0.2) is 62.5 Å². The molecule has 1 amide bonds. The molecule has 33 heavy (non-hydrogen) atoms. The van der Waals surface area contributed by atoms with Crippen molar-refractivity contribution in [2.45, 2.75) is 18.4 Å². The molecule has 0 radical (unpaired) electrons. The lowest BCUT2D eigenvalue weighted by Gasteiger charge is -2.34. The second-order valence-corrected chi connectivity index (χ2v) is 10.4. The Morgan fingerprint density at radius 2 is 1.82 bits per heavy atom. The summed E-state index contributed by atoms with van der Waals surface area (Å²) in [4.78, 5) is 17.1. The molecule has 0 unspecified atom stereocenters. The quantitative estimate of drug-likeness (QED) is 0.528. The number of sulfonamides is 1. The third kappa shape index (κ3) is 5.21. The number of carbonyl (C=O) groups excluding carboxylic acids is 1. The van der Waals surface area contributed by atoms with Gasteiger partial charge in [0, 0.05) is 49.9 Å². The molecule has 174 valence electrons. The van der Waals surface area contributed by atoms with Crippen LogP contribution in [0.1, 0.15) is 21.8 Å². The molecule has 3 aromatic rings. The lowest BCUT2D eigenvalue weighted by atomic mass is 10.2. The van der Waals surface area contributed by atoms with Crippen LogP contribution in [0.25, 0.3) is 0 Å². The lowest BCUT2D eigenvalue weighted by Crippen LogP contribution is -2.48. The van der Waals surface area contributed by atoms with Crippen molar-refractivity contribution in [3.63, 3.8) is 0 Å². The van der Waals surface area contributed by atoms with Crippen LogP contribution < -0.4 is 4.31 Å².